The van der Waals surface area contributed by atoms with Gasteiger partial charge in [0.1, 0.15) is 0 Å². The maximum atomic E-state index is 3.76. The van der Waals surface area contributed by atoms with Crippen molar-refractivity contribution in [1.29, 1.82) is 0 Å². The van der Waals surface area contributed by atoms with Crippen LogP contribution in [0.4, 0.5) is 0 Å². The molecule has 0 N–H and O–H groups in total. The first-order chi connectivity index (χ1) is 3.42. The second-order valence-electron chi connectivity index (χ2n) is 3.49. The Labute approximate surface area is 74.6 Å². The number of rotatable bonds is 2. The van der Waals surface area contributed by atoms with Crippen molar-refractivity contribution in [2.45, 2.75) is 25.7 Å². The van der Waals surface area contributed by atoms with Gasteiger partial charge in [0, 0.05) is 29.8 Å². The van der Waals surface area contributed by atoms with Gasteiger partial charge in [0.25, 0.3) is 0 Å². The molecule has 0 spiro atoms. The number of allylic oxidation sites excluding steroid dienone is 1. The predicted octanol–water partition coefficient (Wildman–Crippen LogP) is 2.71. The van der Waals surface area contributed by atoms with E-state index in [0.717, 1.165) is 11.6 Å². The summed E-state index contributed by atoms with van der Waals surface area (Å²) in [6.45, 7) is 14.5. The summed E-state index contributed by atoms with van der Waals surface area (Å²) in [4.78, 5) is 0. The zero-order valence-electron chi connectivity index (χ0n) is 6.62. The van der Waals surface area contributed by atoms with Crippen molar-refractivity contribution < 1.29 is 21.7 Å². The molecule has 0 saturated carbocycles. The van der Waals surface area contributed by atoms with Gasteiger partial charge in [-0.05, 0) is 0 Å². The van der Waals surface area contributed by atoms with Crippen LogP contribution < -0.4 is 0 Å². The molecule has 0 aliphatic heterocycles. The molecule has 0 aromatic heterocycles. The molecule has 9 heavy (non-hydrogen) atoms. The Morgan fingerprint density at radius 1 is 1.44 bits per heavy atom. The monoisotopic (exact) mass is 175 g/mol. The van der Waals surface area contributed by atoms with Crippen molar-refractivity contribution in [3.8, 4) is 0 Å². The molecule has 0 aromatic carbocycles. The predicted molar refractivity (Wildman–Crippen MR) is 42.7 cm³/mol. The molecule has 0 bridgehead atoms. The van der Waals surface area contributed by atoms with Gasteiger partial charge in [-0.3, -0.25) is 0 Å². The molecule has 0 amide bonds. The molecule has 0 radical (unpaired) electrons. The van der Waals surface area contributed by atoms with Crippen LogP contribution in [-0.2, 0) is 21.7 Å². The van der Waals surface area contributed by atoms with Gasteiger partial charge in [-0.25, -0.2) is 19.1 Å². The van der Waals surface area contributed by atoms with Crippen molar-refractivity contribution in [2.75, 3.05) is 0 Å². The maximum absolute atomic E-state index is 3.76. The molecular formula is C7H15SiTi-. The minimum absolute atomic E-state index is 0. The van der Waals surface area contributed by atoms with Gasteiger partial charge >= 0.3 is 0 Å². The normalized spacial score (nSPS) is 10.1. The zero-order valence-corrected chi connectivity index (χ0v) is 9.18. The Morgan fingerprint density at radius 2 is 1.78 bits per heavy atom. The van der Waals surface area contributed by atoms with Crippen LogP contribution in [0.5, 0.6) is 0 Å². The summed E-state index contributed by atoms with van der Waals surface area (Å²) < 4.78 is 0. The molecule has 0 aromatic rings. The van der Waals surface area contributed by atoms with Gasteiger partial charge in [0.15, 0.2) is 0 Å². The first kappa shape index (κ1) is 12.2. The van der Waals surface area contributed by atoms with E-state index in [2.05, 4.69) is 33.1 Å². The van der Waals surface area contributed by atoms with E-state index in [1.54, 1.807) is 0 Å². The van der Waals surface area contributed by atoms with E-state index in [9.17, 15) is 0 Å². The van der Waals surface area contributed by atoms with Gasteiger partial charge in [0.05, 0.1) is 0 Å². The molecule has 0 rings (SSSR count). The van der Waals surface area contributed by atoms with Crippen LogP contribution in [0, 0.1) is 6.92 Å². The Morgan fingerprint density at radius 3 is 1.78 bits per heavy atom. The molecule has 0 aliphatic carbocycles. The van der Waals surface area contributed by atoms with Gasteiger partial charge in [-0.15, -0.1) is 0 Å². The van der Waals surface area contributed by atoms with Gasteiger partial charge < -0.3 is 0 Å². The second-order valence-corrected chi connectivity index (χ2v) is 8.96. The average molecular weight is 175 g/mol. The summed E-state index contributed by atoms with van der Waals surface area (Å²) >= 11 is 0. The van der Waals surface area contributed by atoms with Crippen LogP contribution in [0.2, 0.25) is 25.7 Å². The fraction of sp³-hybridized carbons (Fsp3) is 0.571. The standard InChI is InChI=1S/C7H15Si.Ti/c1-7(2)6-8(3,4)5;/h1-2,6H2,3-5H3;/q-1;. The van der Waals surface area contributed by atoms with Crippen molar-refractivity contribution in [1.82, 2.24) is 0 Å². The van der Waals surface area contributed by atoms with E-state index in [1.807, 2.05) is 0 Å². The summed E-state index contributed by atoms with van der Waals surface area (Å²) in [6, 6.07) is 1.16. The Kier molecular flexibility index (Phi) is 5.94. The summed E-state index contributed by atoms with van der Waals surface area (Å²) in [6.07, 6.45) is 0. The van der Waals surface area contributed by atoms with Crippen LogP contribution in [0.15, 0.2) is 12.2 Å². The van der Waals surface area contributed by atoms with E-state index < -0.39 is 8.07 Å². The van der Waals surface area contributed by atoms with Gasteiger partial charge in [-0.1, -0.05) is 25.7 Å². The van der Waals surface area contributed by atoms with E-state index in [4.69, 9.17) is 0 Å². The zero-order chi connectivity index (χ0) is 6.78. The minimum Gasteiger partial charge on any atom is -0.242 e. The van der Waals surface area contributed by atoms with Crippen LogP contribution in [0.25, 0.3) is 0 Å². The topological polar surface area (TPSA) is 0 Å². The molecule has 0 nitrogen and oxygen atoms in total. The van der Waals surface area contributed by atoms with Crippen LogP contribution in [-0.4, -0.2) is 8.07 Å². The molecule has 0 aliphatic rings. The third-order valence-electron chi connectivity index (χ3n) is 0.780. The van der Waals surface area contributed by atoms with Crippen LogP contribution in [0.1, 0.15) is 0 Å². The molecule has 52 valence electrons. The second kappa shape index (κ2) is 4.37. The van der Waals surface area contributed by atoms with Crippen LogP contribution >= 0.6 is 0 Å². The van der Waals surface area contributed by atoms with Crippen molar-refractivity contribution >= 4 is 8.07 Å². The first-order valence-corrected chi connectivity index (χ1v) is 6.62. The quantitative estimate of drug-likeness (QED) is 0.447. The Bertz CT molecular complexity index is 91.6. The summed E-state index contributed by atoms with van der Waals surface area (Å²) in [5, 5.41) is 0. The molecular weight excluding hydrogens is 160 g/mol. The van der Waals surface area contributed by atoms with Gasteiger partial charge in [-0.2, -0.15) is 0 Å². The molecule has 2 heteroatoms. The molecule has 0 heterocycles. The number of hydrogen-bond donors (Lipinski definition) is 0. The SMILES string of the molecule is C=C([CH2-])C[Si](C)(C)C.[Ti]. The smallest absolute Gasteiger partial charge is 0.0456 e. The Hall–Kier alpha value is 0.541. The first-order valence-electron chi connectivity index (χ1n) is 2.91. The summed E-state index contributed by atoms with van der Waals surface area (Å²) in [5.74, 6) is 0. The number of hydrogen-bond acceptors (Lipinski definition) is 0. The minimum atomic E-state index is -0.882. The molecule has 0 unspecified atom stereocenters. The van der Waals surface area contributed by atoms with E-state index in [1.165, 1.54) is 0 Å². The summed E-state index contributed by atoms with van der Waals surface area (Å²) in [7, 11) is -0.882. The third kappa shape index (κ3) is 11.9. The van der Waals surface area contributed by atoms with Crippen molar-refractivity contribution in [3.63, 3.8) is 0 Å². The van der Waals surface area contributed by atoms with E-state index in [-0.39, 0.29) is 21.7 Å². The van der Waals surface area contributed by atoms with E-state index in [0.29, 0.717) is 0 Å². The van der Waals surface area contributed by atoms with Crippen molar-refractivity contribution in [3.05, 3.63) is 19.1 Å². The fourth-order valence-electron chi connectivity index (χ4n) is 0.750. The maximum Gasteiger partial charge on any atom is 0.0456 e. The summed E-state index contributed by atoms with van der Waals surface area (Å²) in [5.41, 5.74) is 1.09. The molecule has 0 atom stereocenters. The largest absolute Gasteiger partial charge is 0.242 e. The van der Waals surface area contributed by atoms with Gasteiger partial charge in [0.2, 0.25) is 0 Å². The Balaban J connectivity index is 0. The molecule has 0 fully saturated rings. The molecule has 0 saturated heterocycles. The fourth-order valence-corrected chi connectivity index (χ4v) is 2.25. The average Bonchev–Trinajstić information content (AvgIpc) is 1.21. The van der Waals surface area contributed by atoms with E-state index >= 15 is 0 Å². The third-order valence-corrected chi connectivity index (χ3v) is 2.34. The van der Waals surface area contributed by atoms with Crippen molar-refractivity contribution in [2.24, 2.45) is 0 Å². The van der Waals surface area contributed by atoms with Crippen LogP contribution in [0.3, 0.4) is 0 Å².